The molecule has 1 aromatic carbocycles. The number of aryl methyl sites for hydroxylation is 2. The van der Waals surface area contributed by atoms with Crippen LogP contribution in [0.2, 0.25) is 0 Å². The van der Waals surface area contributed by atoms with Gasteiger partial charge in [-0.3, -0.25) is 9.69 Å². The molecule has 0 spiro atoms. The van der Waals surface area contributed by atoms with Gasteiger partial charge in [-0.05, 0) is 38.1 Å². The van der Waals surface area contributed by atoms with Gasteiger partial charge in [0.1, 0.15) is 18.1 Å². The van der Waals surface area contributed by atoms with Gasteiger partial charge in [-0.1, -0.05) is 6.07 Å². The molecule has 4 rings (SSSR count). The van der Waals surface area contributed by atoms with Gasteiger partial charge in [0.05, 0.1) is 12.1 Å². The van der Waals surface area contributed by atoms with Crippen molar-refractivity contribution in [2.24, 2.45) is 0 Å². The largest absolute Gasteiger partial charge is 0.466 e. The second-order valence-electron chi connectivity index (χ2n) is 7.35. The van der Waals surface area contributed by atoms with Crippen molar-refractivity contribution in [1.82, 2.24) is 9.80 Å². The van der Waals surface area contributed by atoms with E-state index in [2.05, 4.69) is 5.32 Å². The molecule has 2 aliphatic rings. The first kappa shape index (κ1) is 19.8. The molecule has 0 unspecified atom stereocenters. The fourth-order valence-corrected chi connectivity index (χ4v) is 3.71. The van der Waals surface area contributed by atoms with E-state index >= 15 is 0 Å². The van der Waals surface area contributed by atoms with Crippen LogP contribution in [0.25, 0.3) is 0 Å². The van der Waals surface area contributed by atoms with Gasteiger partial charge >= 0.3 is 12.1 Å². The van der Waals surface area contributed by atoms with Crippen LogP contribution in [0.15, 0.2) is 34.7 Å². The van der Waals surface area contributed by atoms with Gasteiger partial charge in [-0.25, -0.2) is 9.59 Å². The molecule has 2 aliphatic heterocycles. The highest BCUT2D eigenvalue weighted by atomic mass is 16.6. The molecule has 0 atom stereocenters. The third-order valence-electron chi connectivity index (χ3n) is 5.30. The van der Waals surface area contributed by atoms with Gasteiger partial charge in [-0.15, -0.1) is 0 Å². The first-order valence-corrected chi connectivity index (χ1v) is 9.89. The highest BCUT2D eigenvalue weighted by Crippen LogP contribution is 2.23. The number of nitrogens with zero attached hydrogens (tertiary/aromatic N) is 3. The maximum absolute atomic E-state index is 12.7. The highest BCUT2D eigenvalue weighted by molar-refractivity contribution is 5.96. The zero-order valence-corrected chi connectivity index (χ0v) is 17.0. The van der Waals surface area contributed by atoms with Crippen molar-refractivity contribution in [3.8, 4) is 0 Å². The minimum atomic E-state index is -0.387. The maximum Gasteiger partial charge on any atom is 0.414 e. The minimum Gasteiger partial charge on any atom is -0.466 e. The number of hydrogen-bond acceptors (Lipinski definition) is 5. The lowest BCUT2D eigenvalue weighted by Crippen LogP contribution is -2.51. The molecule has 1 aromatic heterocycles. The Balaban J connectivity index is 1.34. The smallest absolute Gasteiger partial charge is 0.414 e. The molecule has 9 heteroatoms. The number of furan rings is 1. The normalized spacial score (nSPS) is 16.6. The standard InChI is InChI=1S/C21H24N4O5/c1-14-12-18(15(2)30-14)19(26)23-6-8-24(9-7-23)20(27)22-16-4-3-5-17(13-16)25-10-11-29-21(25)28/h3-5,12-13H,6-11H2,1-2H3,(H,22,27). The maximum atomic E-state index is 12.7. The number of ether oxygens (including phenoxy) is 1. The number of piperazine rings is 1. The Labute approximate surface area is 174 Å². The van der Waals surface area contributed by atoms with E-state index in [1.807, 2.05) is 6.92 Å². The summed E-state index contributed by atoms with van der Waals surface area (Å²) in [6.07, 6.45) is -0.387. The molecule has 1 N–H and O–H groups in total. The molecule has 4 amide bonds. The molecule has 3 heterocycles. The monoisotopic (exact) mass is 412 g/mol. The van der Waals surface area contributed by atoms with E-state index in [-0.39, 0.29) is 18.0 Å². The van der Waals surface area contributed by atoms with Crippen molar-refractivity contribution in [3.63, 3.8) is 0 Å². The molecule has 0 aliphatic carbocycles. The Hall–Kier alpha value is -3.49. The van der Waals surface area contributed by atoms with Crippen molar-refractivity contribution in [1.29, 1.82) is 0 Å². The van der Waals surface area contributed by atoms with Crippen molar-refractivity contribution in [3.05, 3.63) is 47.4 Å². The Morgan fingerprint density at radius 3 is 2.37 bits per heavy atom. The van der Waals surface area contributed by atoms with E-state index in [4.69, 9.17) is 9.15 Å². The van der Waals surface area contributed by atoms with E-state index in [9.17, 15) is 14.4 Å². The Morgan fingerprint density at radius 1 is 1.00 bits per heavy atom. The molecule has 9 nitrogen and oxygen atoms in total. The molecular formula is C21H24N4O5. The third-order valence-corrected chi connectivity index (χ3v) is 5.30. The number of urea groups is 1. The average molecular weight is 412 g/mol. The summed E-state index contributed by atoms with van der Waals surface area (Å²) >= 11 is 0. The van der Waals surface area contributed by atoms with Crippen LogP contribution in [0.3, 0.4) is 0 Å². The lowest BCUT2D eigenvalue weighted by molar-refractivity contribution is 0.0670. The topological polar surface area (TPSA) is 95.3 Å². The Morgan fingerprint density at radius 2 is 1.73 bits per heavy atom. The molecule has 2 aromatic rings. The van der Waals surface area contributed by atoms with Crippen LogP contribution in [0.5, 0.6) is 0 Å². The highest BCUT2D eigenvalue weighted by Gasteiger charge is 2.27. The van der Waals surface area contributed by atoms with Crippen molar-refractivity contribution in [2.75, 3.05) is 49.5 Å². The number of amides is 4. The second-order valence-corrected chi connectivity index (χ2v) is 7.35. The summed E-state index contributed by atoms with van der Waals surface area (Å²) in [4.78, 5) is 42.0. The Bertz CT molecular complexity index is 978. The van der Waals surface area contributed by atoms with E-state index in [1.54, 1.807) is 47.1 Å². The summed E-state index contributed by atoms with van der Waals surface area (Å²) < 4.78 is 10.4. The first-order chi connectivity index (χ1) is 14.4. The first-order valence-electron chi connectivity index (χ1n) is 9.89. The summed E-state index contributed by atoms with van der Waals surface area (Å²) in [6, 6.07) is 8.61. The van der Waals surface area contributed by atoms with Crippen LogP contribution >= 0.6 is 0 Å². The average Bonchev–Trinajstić information content (AvgIpc) is 3.32. The Kier molecular flexibility index (Phi) is 5.35. The van der Waals surface area contributed by atoms with Crippen LogP contribution in [0, 0.1) is 13.8 Å². The van der Waals surface area contributed by atoms with E-state index in [0.29, 0.717) is 67.8 Å². The molecule has 2 fully saturated rings. The molecule has 0 saturated carbocycles. The van der Waals surface area contributed by atoms with Crippen LogP contribution in [-0.2, 0) is 4.74 Å². The molecule has 30 heavy (non-hydrogen) atoms. The minimum absolute atomic E-state index is 0.0744. The van der Waals surface area contributed by atoms with Gasteiger partial charge in [0.2, 0.25) is 0 Å². The molecule has 2 saturated heterocycles. The summed E-state index contributed by atoms with van der Waals surface area (Å²) in [6.45, 7) is 6.22. The van der Waals surface area contributed by atoms with E-state index in [1.165, 1.54) is 4.90 Å². The lowest BCUT2D eigenvalue weighted by Gasteiger charge is -2.34. The molecule has 0 radical (unpaired) electrons. The molecule has 158 valence electrons. The van der Waals surface area contributed by atoms with Crippen LogP contribution < -0.4 is 10.2 Å². The zero-order chi connectivity index (χ0) is 21.3. The van der Waals surface area contributed by atoms with Crippen molar-refractivity contribution >= 4 is 29.4 Å². The van der Waals surface area contributed by atoms with Crippen molar-refractivity contribution < 1.29 is 23.5 Å². The number of benzene rings is 1. The van der Waals surface area contributed by atoms with Gasteiger partial charge in [-0.2, -0.15) is 0 Å². The fraction of sp³-hybridized carbons (Fsp3) is 0.381. The van der Waals surface area contributed by atoms with Crippen LogP contribution in [-0.4, -0.2) is 67.2 Å². The molecular weight excluding hydrogens is 388 g/mol. The fourth-order valence-electron chi connectivity index (χ4n) is 3.71. The number of carbonyl (C=O) groups excluding carboxylic acids is 3. The number of carbonyl (C=O) groups is 3. The molecule has 0 bridgehead atoms. The van der Waals surface area contributed by atoms with Crippen LogP contribution in [0.4, 0.5) is 21.0 Å². The van der Waals surface area contributed by atoms with Gasteiger partial charge < -0.3 is 24.3 Å². The van der Waals surface area contributed by atoms with Gasteiger partial charge in [0, 0.05) is 37.6 Å². The quantitative estimate of drug-likeness (QED) is 0.836. The van der Waals surface area contributed by atoms with Crippen molar-refractivity contribution in [2.45, 2.75) is 13.8 Å². The zero-order valence-electron chi connectivity index (χ0n) is 17.0. The number of nitrogens with one attached hydrogen (secondary N) is 1. The lowest BCUT2D eigenvalue weighted by atomic mass is 10.2. The summed E-state index contributed by atoms with van der Waals surface area (Å²) in [5.74, 6) is 1.24. The number of cyclic esters (lactones) is 1. The SMILES string of the molecule is Cc1cc(C(=O)N2CCN(C(=O)Nc3cccc(N4CCOC4=O)c3)CC2)c(C)o1. The van der Waals surface area contributed by atoms with Crippen LogP contribution in [0.1, 0.15) is 21.9 Å². The second kappa shape index (κ2) is 8.10. The third kappa shape index (κ3) is 3.96. The summed E-state index contributed by atoms with van der Waals surface area (Å²) in [7, 11) is 0. The van der Waals surface area contributed by atoms with Gasteiger partial charge in [0.25, 0.3) is 5.91 Å². The number of hydrogen-bond donors (Lipinski definition) is 1. The van der Waals surface area contributed by atoms with E-state index < -0.39 is 0 Å². The summed E-state index contributed by atoms with van der Waals surface area (Å²) in [5, 5.41) is 2.87. The number of anilines is 2. The number of rotatable bonds is 3. The predicted molar refractivity (Wildman–Crippen MR) is 110 cm³/mol. The predicted octanol–water partition coefficient (Wildman–Crippen LogP) is 2.84. The van der Waals surface area contributed by atoms with Gasteiger partial charge in [0.15, 0.2) is 0 Å². The summed E-state index contributed by atoms with van der Waals surface area (Å²) in [5.41, 5.74) is 1.85. The van der Waals surface area contributed by atoms with E-state index in [0.717, 1.165) is 0 Å².